The van der Waals surface area contributed by atoms with Crippen LogP contribution in [0.3, 0.4) is 0 Å². The highest BCUT2D eigenvalue weighted by Crippen LogP contribution is 2.26. The van der Waals surface area contributed by atoms with Gasteiger partial charge >= 0.3 is 0 Å². The predicted molar refractivity (Wildman–Crippen MR) is 93.8 cm³/mol. The van der Waals surface area contributed by atoms with E-state index in [-0.39, 0.29) is 6.10 Å². The van der Waals surface area contributed by atoms with Crippen LogP contribution < -0.4 is 10.6 Å². The first-order valence-electron chi connectivity index (χ1n) is 9.18. The second-order valence-corrected chi connectivity index (χ2v) is 6.67. The van der Waals surface area contributed by atoms with Gasteiger partial charge in [-0.05, 0) is 45.4 Å². The van der Waals surface area contributed by atoms with E-state index in [2.05, 4.69) is 22.5 Å². The number of methoxy groups -OCH3 is 1. The van der Waals surface area contributed by atoms with Gasteiger partial charge in [-0.3, -0.25) is 9.89 Å². The van der Waals surface area contributed by atoms with Crippen LogP contribution in [0.2, 0.25) is 0 Å². The lowest BCUT2D eigenvalue weighted by molar-refractivity contribution is 0.120. The van der Waals surface area contributed by atoms with Crippen molar-refractivity contribution in [1.29, 1.82) is 0 Å². The number of aliphatic imine (C=N–C) groups is 1. The summed E-state index contributed by atoms with van der Waals surface area (Å²) in [5.74, 6) is 0.913. The summed E-state index contributed by atoms with van der Waals surface area (Å²) in [5.41, 5.74) is 0. The smallest absolute Gasteiger partial charge is 0.191 e. The van der Waals surface area contributed by atoms with E-state index in [1.807, 2.05) is 0 Å². The molecule has 0 aromatic heterocycles. The Hall–Kier alpha value is -0.850. The number of aliphatic hydroxyl groups is 1. The Morgan fingerprint density at radius 1 is 1.17 bits per heavy atom. The van der Waals surface area contributed by atoms with Crippen LogP contribution in [0.25, 0.3) is 0 Å². The van der Waals surface area contributed by atoms with E-state index in [1.54, 1.807) is 7.11 Å². The molecular formula is C17H34N4O2. The van der Waals surface area contributed by atoms with Crippen LogP contribution in [0, 0.1) is 0 Å². The zero-order chi connectivity index (χ0) is 16.5. The molecule has 0 aromatic carbocycles. The minimum Gasteiger partial charge on any atom is -0.393 e. The summed E-state index contributed by atoms with van der Waals surface area (Å²) in [4.78, 5) is 7.23. The molecule has 23 heavy (non-hydrogen) atoms. The topological polar surface area (TPSA) is 69.1 Å². The SMILES string of the molecule is CCNC(=NCCN(CCOC)C1CC1)NC1CCC(O)CC1. The molecule has 0 aliphatic heterocycles. The molecule has 6 nitrogen and oxygen atoms in total. The molecule has 3 N–H and O–H groups in total. The summed E-state index contributed by atoms with van der Waals surface area (Å²) in [6, 6.07) is 1.18. The summed E-state index contributed by atoms with van der Waals surface area (Å²) < 4.78 is 5.20. The van der Waals surface area contributed by atoms with Crippen molar-refractivity contribution in [3.63, 3.8) is 0 Å². The number of nitrogens with zero attached hydrogens (tertiary/aromatic N) is 2. The largest absolute Gasteiger partial charge is 0.393 e. The number of ether oxygens (including phenoxy) is 1. The van der Waals surface area contributed by atoms with E-state index in [1.165, 1.54) is 12.8 Å². The average molecular weight is 326 g/mol. The third kappa shape index (κ3) is 7.06. The van der Waals surface area contributed by atoms with Crippen LogP contribution in [0.5, 0.6) is 0 Å². The number of hydrogen-bond acceptors (Lipinski definition) is 4. The normalized spacial score (nSPS) is 25.7. The highest BCUT2D eigenvalue weighted by atomic mass is 16.5. The van der Waals surface area contributed by atoms with Crippen molar-refractivity contribution in [3.05, 3.63) is 0 Å². The molecule has 0 bridgehead atoms. The Balaban J connectivity index is 1.75. The first kappa shape index (κ1) is 18.5. The van der Waals surface area contributed by atoms with Crippen LogP contribution in [-0.4, -0.2) is 74.0 Å². The standard InChI is InChI=1S/C17H34N4O2/c1-3-18-17(20-14-4-8-16(22)9-5-14)19-10-11-21(12-13-23-2)15-6-7-15/h14-16,22H,3-13H2,1-2H3,(H2,18,19,20). The summed E-state index contributed by atoms with van der Waals surface area (Å²) in [6.07, 6.45) is 6.35. The molecule has 2 saturated carbocycles. The zero-order valence-electron chi connectivity index (χ0n) is 14.8. The number of aliphatic hydroxyl groups excluding tert-OH is 1. The molecule has 0 amide bonds. The summed E-state index contributed by atoms with van der Waals surface area (Å²) in [7, 11) is 1.76. The third-order valence-electron chi connectivity index (χ3n) is 4.68. The van der Waals surface area contributed by atoms with Crippen molar-refractivity contribution >= 4 is 5.96 Å². The lowest BCUT2D eigenvalue weighted by Gasteiger charge is -2.28. The maximum atomic E-state index is 9.61. The highest BCUT2D eigenvalue weighted by Gasteiger charge is 2.28. The van der Waals surface area contributed by atoms with Gasteiger partial charge in [0, 0.05) is 38.8 Å². The molecule has 0 spiro atoms. The average Bonchev–Trinajstić information content (AvgIpc) is 3.38. The van der Waals surface area contributed by atoms with Crippen LogP contribution in [-0.2, 0) is 4.74 Å². The predicted octanol–water partition coefficient (Wildman–Crippen LogP) is 0.956. The van der Waals surface area contributed by atoms with Gasteiger partial charge in [0.15, 0.2) is 5.96 Å². The maximum absolute atomic E-state index is 9.61. The Bertz CT molecular complexity index is 353. The Labute approximate surface area is 140 Å². The van der Waals surface area contributed by atoms with Crippen molar-refractivity contribution < 1.29 is 9.84 Å². The Kier molecular flexibility index (Phi) is 8.12. The van der Waals surface area contributed by atoms with Gasteiger partial charge in [-0.25, -0.2) is 0 Å². The number of rotatable bonds is 9. The van der Waals surface area contributed by atoms with E-state index in [0.717, 1.165) is 70.5 Å². The molecule has 2 rings (SSSR count). The summed E-state index contributed by atoms with van der Waals surface area (Å²) in [5, 5.41) is 16.5. The van der Waals surface area contributed by atoms with E-state index < -0.39 is 0 Å². The van der Waals surface area contributed by atoms with Crippen LogP contribution >= 0.6 is 0 Å². The molecule has 0 aromatic rings. The molecule has 134 valence electrons. The molecule has 2 fully saturated rings. The van der Waals surface area contributed by atoms with Gasteiger partial charge in [0.2, 0.25) is 0 Å². The van der Waals surface area contributed by atoms with Crippen molar-refractivity contribution in [3.8, 4) is 0 Å². The number of nitrogens with one attached hydrogen (secondary N) is 2. The molecule has 6 heteroatoms. The second-order valence-electron chi connectivity index (χ2n) is 6.67. The minimum absolute atomic E-state index is 0.111. The maximum Gasteiger partial charge on any atom is 0.191 e. The van der Waals surface area contributed by atoms with E-state index in [0.29, 0.717) is 6.04 Å². The Morgan fingerprint density at radius 2 is 1.91 bits per heavy atom. The van der Waals surface area contributed by atoms with Gasteiger partial charge in [-0.1, -0.05) is 0 Å². The molecule has 0 saturated heterocycles. The van der Waals surface area contributed by atoms with Crippen molar-refractivity contribution in [2.75, 3.05) is 39.9 Å². The fourth-order valence-electron chi connectivity index (χ4n) is 3.15. The van der Waals surface area contributed by atoms with Gasteiger partial charge < -0.3 is 20.5 Å². The number of hydrogen-bond donors (Lipinski definition) is 3. The molecule has 0 heterocycles. The number of guanidine groups is 1. The van der Waals surface area contributed by atoms with E-state index in [9.17, 15) is 5.11 Å². The fraction of sp³-hybridized carbons (Fsp3) is 0.941. The lowest BCUT2D eigenvalue weighted by Crippen LogP contribution is -2.45. The molecule has 0 unspecified atom stereocenters. The minimum atomic E-state index is -0.111. The van der Waals surface area contributed by atoms with Gasteiger partial charge in [-0.2, -0.15) is 0 Å². The third-order valence-corrected chi connectivity index (χ3v) is 4.68. The fourth-order valence-corrected chi connectivity index (χ4v) is 3.15. The second kappa shape index (κ2) is 10.1. The van der Waals surface area contributed by atoms with E-state index >= 15 is 0 Å². The molecule has 0 radical (unpaired) electrons. The first-order valence-corrected chi connectivity index (χ1v) is 9.18. The van der Waals surface area contributed by atoms with Crippen LogP contribution in [0.1, 0.15) is 45.4 Å². The van der Waals surface area contributed by atoms with Gasteiger partial charge in [0.05, 0.1) is 19.3 Å². The van der Waals surface area contributed by atoms with Crippen molar-refractivity contribution in [2.45, 2.75) is 63.6 Å². The van der Waals surface area contributed by atoms with E-state index in [4.69, 9.17) is 9.73 Å². The van der Waals surface area contributed by atoms with Gasteiger partial charge in [0.1, 0.15) is 0 Å². The van der Waals surface area contributed by atoms with Crippen LogP contribution in [0.4, 0.5) is 0 Å². The zero-order valence-corrected chi connectivity index (χ0v) is 14.8. The molecular weight excluding hydrogens is 292 g/mol. The Morgan fingerprint density at radius 3 is 2.52 bits per heavy atom. The van der Waals surface area contributed by atoms with Gasteiger partial charge in [-0.15, -0.1) is 0 Å². The molecule has 2 aliphatic rings. The summed E-state index contributed by atoms with van der Waals surface area (Å²) in [6.45, 7) is 6.57. The molecule has 2 aliphatic carbocycles. The van der Waals surface area contributed by atoms with Crippen LogP contribution in [0.15, 0.2) is 4.99 Å². The quantitative estimate of drug-likeness (QED) is 0.435. The summed E-state index contributed by atoms with van der Waals surface area (Å²) >= 11 is 0. The first-order chi connectivity index (χ1) is 11.2. The molecule has 0 atom stereocenters. The van der Waals surface area contributed by atoms with Crippen molar-refractivity contribution in [1.82, 2.24) is 15.5 Å². The highest BCUT2D eigenvalue weighted by molar-refractivity contribution is 5.80. The van der Waals surface area contributed by atoms with Gasteiger partial charge in [0.25, 0.3) is 0 Å². The lowest BCUT2D eigenvalue weighted by atomic mass is 9.93. The monoisotopic (exact) mass is 326 g/mol. The van der Waals surface area contributed by atoms with Crippen molar-refractivity contribution in [2.24, 2.45) is 4.99 Å².